The molecule has 1 N–H and O–H groups in total. The molecule has 1 amide bonds. The highest BCUT2D eigenvalue weighted by Gasteiger charge is 2.27. The van der Waals surface area contributed by atoms with Crippen molar-refractivity contribution in [2.75, 3.05) is 43.6 Å². The number of rotatable bonds is 6. The van der Waals surface area contributed by atoms with E-state index in [4.69, 9.17) is 23.9 Å². The molecular weight excluding hydrogens is 568 g/mol. The Balaban J connectivity index is 1.05. The van der Waals surface area contributed by atoms with E-state index in [-0.39, 0.29) is 13.2 Å². The van der Waals surface area contributed by atoms with Crippen molar-refractivity contribution < 1.29 is 23.7 Å². The van der Waals surface area contributed by atoms with Crippen LogP contribution in [-0.2, 0) is 4.74 Å². The lowest BCUT2D eigenvalue weighted by molar-refractivity contribution is 0.0383. The zero-order valence-electron chi connectivity index (χ0n) is 24.0. The summed E-state index contributed by atoms with van der Waals surface area (Å²) in [7, 11) is 1.58. The molecule has 1 unspecified atom stereocenters. The van der Waals surface area contributed by atoms with Gasteiger partial charge in [-0.1, -0.05) is 0 Å². The minimum Gasteiger partial charge on any atom is -0.484 e. The number of ether oxygens (including phenoxy) is 4. The Morgan fingerprint density at radius 2 is 1.95 bits per heavy atom. The maximum absolute atomic E-state index is 12.5. The third kappa shape index (κ3) is 5.34. The first-order valence-electron chi connectivity index (χ1n) is 14.2. The lowest BCUT2D eigenvalue weighted by Gasteiger charge is -2.26. The van der Waals surface area contributed by atoms with Crippen molar-refractivity contribution in [2.45, 2.75) is 32.8 Å². The van der Waals surface area contributed by atoms with E-state index in [1.807, 2.05) is 38.1 Å². The lowest BCUT2D eigenvalue weighted by Crippen LogP contribution is -2.35. The number of nitrogens with zero attached hydrogens (tertiary/aromatic N) is 5. The number of hydrogen-bond acceptors (Lipinski definition) is 11. The number of fused-ring (bicyclic) bond motifs is 4. The van der Waals surface area contributed by atoms with Crippen molar-refractivity contribution >= 4 is 50.2 Å². The SMILES string of the molecule is COc1cnc2c(-c3nc4c(C)cc5c(c4s3)OCC(COC(=O)Nc3ccc(N4CCCC4)nc3)O5)cc(C)cc2n1. The zero-order valence-corrected chi connectivity index (χ0v) is 24.9. The van der Waals surface area contributed by atoms with Crippen LogP contribution >= 0.6 is 11.3 Å². The number of methoxy groups -OCH3 is 1. The summed E-state index contributed by atoms with van der Waals surface area (Å²) in [5.74, 6) is 2.62. The van der Waals surface area contributed by atoms with Crippen LogP contribution in [0, 0.1) is 13.8 Å². The summed E-state index contributed by atoms with van der Waals surface area (Å²) in [6.45, 7) is 6.30. The number of carbonyl (C=O) groups is 1. The van der Waals surface area contributed by atoms with Gasteiger partial charge < -0.3 is 23.8 Å². The Labute approximate surface area is 251 Å². The first-order valence-corrected chi connectivity index (χ1v) is 15.0. The largest absolute Gasteiger partial charge is 0.484 e. The Hall–Kier alpha value is -4.71. The van der Waals surface area contributed by atoms with Crippen molar-refractivity contribution in [1.29, 1.82) is 0 Å². The lowest BCUT2D eigenvalue weighted by atomic mass is 10.1. The molecule has 3 aromatic heterocycles. The zero-order chi connectivity index (χ0) is 29.5. The minimum atomic E-state index is -0.574. The van der Waals surface area contributed by atoms with Gasteiger partial charge in [0.1, 0.15) is 28.7 Å². The van der Waals surface area contributed by atoms with Crippen LogP contribution in [0.2, 0.25) is 0 Å². The molecule has 0 bridgehead atoms. The summed E-state index contributed by atoms with van der Waals surface area (Å²) in [6.07, 6.45) is 4.59. The van der Waals surface area contributed by atoms with Crippen LogP contribution < -0.4 is 24.4 Å². The number of amides is 1. The molecule has 0 aliphatic carbocycles. The summed E-state index contributed by atoms with van der Waals surface area (Å²) >= 11 is 1.52. The normalized spacial score (nSPS) is 16.1. The summed E-state index contributed by atoms with van der Waals surface area (Å²) in [5.41, 5.74) is 5.81. The summed E-state index contributed by atoms with van der Waals surface area (Å²) in [4.78, 5) is 33.3. The van der Waals surface area contributed by atoms with Gasteiger partial charge in [0.25, 0.3) is 0 Å². The second-order valence-corrected chi connectivity index (χ2v) is 11.7. The first-order chi connectivity index (χ1) is 20.9. The van der Waals surface area contributed by atoms with Gasteiger partial charge in [0.2, 0.25) is 5.88 Å². The van der Waals surface area contributed by atoms with Crippen LogP contribution in [0.15, 0.2) is 42.7 Å². The molecular formula is C31H30N6O5S. The quantitative estimate of drug-likeness (QED) is 0.252. The third-order valence-electron chi connectivity index (χ3n) is 7.52. The standard InChI is InChI=1S/C31H30N6O5S/c1-17-10-21(27-22(11-17)35-25(39-3)14-33-27)30-36-26-18(2)12-23-28(29(26)43-30)40-15-20(42-23)16-41-31(38)34-19-6-7-24(32-13-19)37-8-4-5-9-37/h6-7,10-14,20H,4-5,8-9,15-16H2,1-3H3,(H,34,38). The smallest absolute Gasteiger partial charge is 0.411 e. The van der Waals surface area contributed by atoms with Crippen LogP contribution in [0.3, 0.4) is 0 Å². The van der Waals surface area contributed by atoms with Crippen molar-refractivity contribution in [1.82, 2.24) is 19.9 Å². The van der Waals surface area contributed by atoms with Crippen molar-refractivity contribution in [3.8, 4) is 28.0 Å². The molecule has 0 spiro atoms. The van der Waals surface area contributed by atoms with E-state index >= 15 is 0 Å². The fourth-order valence-electron chi connectivity index (χ4n) is 5.42. The predicted molar refractivity (Wildman–Crippen MR) is 165 cm³/mol. The number of nitrogens with one attached hydrogen (secondary N) is 1. The molecule has 43 heavy (non-hydrogen) atoms. The molecule has 11 nitrogen and oxygen atoms in total. The number of hydrogen-bond donors (Lipinski definition) is 1. The van der Waals surface area contributed by atoms with E-state index in [0.717, 1.165) is 61.9 Å². The second-order valence-electron chi connectivity index (χ2n) is 10.7. The van der Waals surface area contributed by atoms with E-state index in [9.17, 15) is 4.79 Å². The van der Waals surface area contributed by atoms with E-state index in [1.165, 1.54) is 24.2 Å². The summed E-state index contributed by atoms with van der Waals surface area (Å²) in [6, 6.07) is 9.71. The first kappa shape index (κ1) is 27.1. The highest BCUT2D eigenvalue weighted by molar-refractivity contribution is 7.22. The monoisotopic (exact) mass is 598 g/mol. The molecule has 12 heteroatoms. The van der Waals surface area contributed by atoms with E-state index < -0.39 is 12.2 Å². The number of thiazole rings is 1. The van der Waals surface area contributed by atoms with Crippen molar-refractivity contribution in [3.05, 3.63) is 53.9 Å². The predicted octanol–water partition coefficient (Wildman–Crippen LogP) is 5.92. The van der Waals surface area contributed by atoms with Crippen LogP contribution in [0.5, 0.6) is 17.4 Å². The maximum atomic E-state index is 12.5. The minimum absolute atomic E-state index is 0.0347. The second kappa shape index (κ2) is 11.2. The molecule has 5 aromatic rings. The Morgan fingerprint density at radius 3 is 2.74 bits per heavy atom. The molecule has 5 heterocycles. The number of anilines is 2. The molecule has 1 saturated heterocycles. The van der Waals surface area contributed by atoms with Crippen molar-refractivity contribution in [3.63, 3.8) is 0 Å². The molecule has 2 aliphatic rings. The average molecular weight is 599 g/mol. The molecule has 0 radical (unpaired) electrons. The van der Waals surface area contributed by atoms with E-state index in [1.54, 1.807) is 19.5 Å². The van der Waals surface area contributed by atoms with E-state index in [0.29, 0.717) is 23.1 Å². The molecule has 0 saturated carbocycles. The van der Waals surface area contributed by atoms with Gasteiger partial charge in [-0.05, 0) is 68.1 Å². The van der Waals surface area contributed by atoms with Gasteiger partial charge in [0.05, 0.1) is 41.7 Å². The number of carbonyl (C=O) groups excluding carboxylic acids is 1. The summed E-state index contributed by atoms with van der Waals surface area (Å²) < 4.78 is 24.0. The van der Waals surface area contributed by atoms with Gasteiger partial charge in [-0.15, -0.1) is 11.3 Å². The number of pyridine rings is 1. The highest BCUT2D eigenvalue weighted by Crippen LogP contribution is 2.46. The molecule has 2 aromatic carbocycles. The van der Waals surface area contributed by atoms with Crippen LogP contribution in [0.4, 0.5) is 16.3 Å². The van der Waals surface area contributed by atoms with E-state index in [2.05, 4.69) is 31.2 Å². The van der Waals surface area contributed by atoms with Gasteiger partial charge in [-0.2, -0.15) is 0 Å². The number of aryl methyl sites for hydroxylation is 2. The molecule has 1 fully saturated rings. The van der Waals surface area contributed by atoms with Gasteiger partial charge in [-0.25, -0.2) is 24.7 Å². The number of aromatic nitrogens is 4. The van der Waals surface area contributed by atoms with Gasteiger partial charge in [-0.3, -0.25) is 5.32 Å². The summed E-state index contributed by atoms with van der Waals surface area (Å²) in [5, 5.41) is 3.54. The number of benzene rings is 2. The average Bonchev–Trinajstić information content (AvgIpc) is 3.71. The maximum Gasteiger partial charge on any atom is 0.411 e. The molecule has 220 valence electrons. The fourth-order valence-corrected chi connectivity index (χ4v) is 6.57. The van der Waals surface area contributed by atoms with Crippen LogP contribution in [-0.4, -0.2) is 65.5 Å². The topological polar surface area (TPSA) is 121 Å². The van der Waals surface area contributed by atoms with Crippen molar-refractivity contribution in [2.24, 2.45) is 0 Å². The highest BCUT2D eigenvalue weighted by atomic mass is 32.1. The molecule has 1 atom stereocenters. The van der Waals surface area contributed by atoms with Crippen LogP contribution in [0.25, 0.3) is 31.8 Å². The molecule has 2 aliphatic heterocycles. The Morgan fingerprint density at radius 1 is 1.09 bits per heavy atom. The Bertz CT molecular complexity index is 1840. The Kier molecular flexibility index (Phi) is 7.05. The van der Waals surface area contributed by atoms with Gasteiger partial charge in [0, 0.05) is 18.7 Å². The van der Waals surface area contributed by atoms with Gasteiger partial charge in [0.15, 0.2) is 17.6 Å². The fraction of sp³-hybridized carbons (Fsp3) is 0.323. The third-order valence-corrected chi connectivity index (χ3v) is 8.61. The molecule has 7 rings (SSSR count). The van der Waals surface area contributed by atoms with Gasteiger partial charge >= 0.3 is 6.09 Å². The van der Waals surface area contributed by atoms with Crippen LogP contribution in [0.1, 0.15) is 24.0 Å².